The Morgan fingerprint density at radius 2 is 1.66 bits per heavy atom. The Kier molecular flexibility index (Phi) is 11.3. The molecule has 0 saturated heterocycles. The van der Waals surface area contributed by atoms with Gasteiger partial charge in [0.2, 0.25) is 0 Å². The first kappa shape index (κ1) is 23.9. The number of hydrogen-bond donors (Lipinski definition) is 1. The molecule has 3 unspecified atom stereocenters. The topological polar surface area (TPSA) is 50.8 Å². The van der Waals surface area contributed by atoms with E-state index in [9.17, 15) is 0 Å². The fraction of sp³-hybridized carbons (Fsp3) is 0.760. The second kappa shape index (κ2) is 13.7. The van der Waals surface area contributed by atoms with Crippen LogP contribution in [0.25, 0.3) is 0 Å². The lowest BCUT2D eigenvalue weighted by atomic mass is 9.68. The highest BCUT2D eigenvalue weighted by Crippen LogP contribution is 2.45. The Hall–Kier alpha value is -1.42. The van der Waals surface area contributed by atoms with Crippen molar-refractivity contribution in [2.45, 2.75) is 110 Å². The van der Waals surface area contributed by atoms with Gasteiger partial charge in [0.15, 0.2) is 0 Å². The second-order valence-corrected chi connectivity index (χ2v) is 8.81. The molecular formula is C25H43N3O. The fourth-order valence-electron chi connectivity index (χ4n) is 4.49. The first-order chi connectivity index (χ1) is 14.2. The Bertz CT molecular complexity index is 581. The summed E-state index contributed by atoms with van der Waals surface area (Å²) in [6, 6.07) is 0. The summed E-state index contributed by atoms with van der Waals surface area (Å²) in [4.78, 5) is 0. The zero-order chi connectivity index (χ0) is 20.8. The summed E-state index contributed by atoms with van der Waals surface area (Å²) in [5.41, 5.74) is 0.914. The lowest BCUT2D eigenvalue weighted by molar-refractivity contribution is -0.0262. The smallest absolute Gasteiger partial charge is 0.0902 e. The minimum atomic E-state index is -0.0832. The summed E-state index contributed by atoms with van der Waals surface area (Å²) in [7, 11) is 0. The maximum Gasteiger partial charge on any atom is 0.0902 e. The number of allylic oxidation sites excluding steroid dienone is 3. The normalized spacial score (nSPS) is 22.2. The van der Waals surface area contributed by atoms with E-state index < -0.39 is 0 Å². The molecule has 3 atom stereocenters. The van der Waals surface area contributed by atoms with Crippen molar-refractivity contribution in [2.24, 2.45) is 5.41 Å². The summed E-state index contributed by atoms with van der Waals surface area (Å²) in [6.45, 7) is 7.70. The number of H-pyrrole nitrogens is 1. The first-order valence-electron chi connectivity index (χ1n) is 12.1. The average molecular weight is 402 g/mol. The van der Waals surface area contributed by atoms with Crippen molar-refractivity contribution in [3.8, 4) is 0 Å². The maximum absolute atomic E-state index is 6.48. The molecule has 4 nitrogen and oxygen atoms in total. The highest BCUT2D eigenvalue weighted by Gasteiger charge is 2.41. The van der Waals surface area contributed by atoms with Gasteiger partial charge >= 0.3 is 0 Å². The van der Waals surface area contributed by atoms with Gasteiger partial charge in [-0.2, -0.15) is 15.4 Å². The standard InChI is InChI=1S/C25H43N3O/c1-4-6-7-8-9-10-11-12-13-16-20-29-24(17-5-2)25(3)19-15-14-18-22(25)23-21-26-28-27-23/h14-15,18-19,21-22,24H,4-13,16-17,20H2,1-3H3,(H,26,27,28). The predicted octanol–water partition coefficient (Wildman–Crippen LogP) is 7.13. The van der Waals surface area contributed by atoms with Gasteiger partial charge in [-0.15, -0.1) is 0 Å². The minimum Gasteiger partial charge on any atom is -0.377 e. The quantitative estimate of drug-likeness (QED) is 0.300. The van der Waals surface area contributed by atoms with Crippen LogP contribution in [-0.4, -0.2) is 28.1 Å². The van der Waals surface area contributed by atoms with Crippen LogP contribution in [0.2, 0.25) is 0 Å². The van der Waals surface area contributed by atoms with Crippen molar-refractivity contribution in [1.29, 1.82) is 0 Å². The number of ether oxygens (including phenoxy) is 1. The summed E-state index contributed by atoms with van der Waals surface area (Å²) in [5, 5.41) is 11.2. The molecule has 0 radical (unpaired) electrons. The molecule has 1 aromatic heterocycles. The third kappa shape index (κ3) is 7.73. The molecule has 0 amide bonds. The molecule has 1 heterocycles. The van der Waals surface area contributed by atoms with E-state index in [2.05, 4.69) is 60.5 Å². The molecule has 0 fully saturated rings. The first-order valence-corrected chi connectivity index (χ1v) is 12.1. The number of aromatic nitrogens is 3. The average Bonchev–Trinajstić information content (AvgIpc) is 3.26. The predicted molar refractivity (Wildman–Crippen MR) is 122 cm³/mol. The van der Waals surface area contributed by atoms with Gasteiger partial charge in [-0.3, -0.25) is 0 Å². The van der Waals surface area contributed by atoms with Gasteiger partial charge in [0.05, 0.1) is 18.0 Å². The van der Waals surface area contributed by atoms with Crippen LogP contribution < -0.4 is 0 Å². The fourth-order valence-corrected chi connectivity index (χ4v) is 4.49. The van der Waals surface area contributed by atoms with E-state index in [0.717, 1.165) is 25.1 Å². The number of hydrogen-bond acceptors (Lipinski definition) is 3. The van der Waals surface area contributed by atoms with E-state index in [4.69, 9.17) is 4.74 Å². The Morgan fingerprint density at radius 1 is 0.966 bits per heavy atom. The zero-order valence-electron chi connectivity index (χ0n) is 19.0. The van der Waals surface area contributed by atoms with Crippen LogP contribution in [0, 0.1) is 5.41 Å². The van der Waals surface area contributed by atoms with Crippen LogP contribution in [0.1, 0.15) is 109 Å². The molecule has 164 valence electrons. The molecule has 1 aliphatic rings. The van der Waals surface area contributed by atoms with Crippen LogP contribution in [0.5, 0.6) is 0 Å². The van der Waals surface area contributed by atoms with E-state index in [1.807, 2.05) is 6.20 Å². The molecule has 0 aromatic carbocycles. The number of nitrogens with one attached hydrogen (secondary N) is 1. The summed E-state index contributed by atoms with van der Waals surface area (Å²) >= 11 is 0. The van der Waals surface area contributed by atoms with Gasteiger partial charge in [0.25, 0.3) is 0 Å². The van der Waals surface area contributed by atoms with Crippen molar-refractivity contribution in [1.82, 2.24) is 15.4 Å². The number of aromatic amines is 1. The lowest BCUT2D eigenvalue weighted by Gasteiger charge is -2.41. The Labute approximate surface area is 178 Å². The van der Waals surface area contributed by atoms with Crippen molar-refractivity contribution in [3.05, 3.63) is 36.2 Å². The third-order valence-electron chi connectivity index (χ3n) is 6.35. The molecule has 0 bridgehead atoms. The van der Waals surface area contributed by atoms with Gasteiger partial charge in [-0.1, -0.05) is 109 Å². The number of unbranched alkanes of at least 4 members (excludes halogenated alkanes) is 9. The highest BCUT2D eigenvalue weighted by molar-refractivity contribution is 5.29. The number of rotatable bonds is 16. The van der Waals surface area contributed by atoms with Crippen LogP contribution in [0.15, 0.2) is 30.5 Å². The molecule has 0 saturated carbocycles. The third-order valence-corrected chi connectivity index (χ3v) is 6.35. The molecule has 1 aromatic rings. The Morgan fingerprint density at radius 3 is 2.28 bits per heavy atom. The maximum atomic E-state index is 6.48. The lowest BCUT2D eigenvalue weighted by Crippen LogP contribution is -2.39. The zero-order valence-corrected chi connectivity index (χ0v) is 19.0. The van der Waals surface area contributed by atoms with E-state index in [-0.39, 0.29) is 17.4 Å². The molecular weight excluding hydrogens is 358 g/mol. The molecule has 0 aliphatic heterocycles. The highest BCUT2D eigenvalue weighted by atomic mass is 16.5. The Balaban J connectivity index is 1.72. The van der Waals surface area contributed by atoms with Crippen molar-refractivity contribution in [2.75, 3.05) is 6.61 Å². The molecule has 0 spiro atoms. The molecule has 29 heavy (non-hydrogen) atoms. The molecule has 2 rings (SSSR count). The van der Waals surface area contributed by atoms with E-state index in [1.54, 1.807) is 0 Å². The monoisotopic (exact) mass is 401 g/mol. The van der Waals surface area contributed by atoms with Crippen LogP contribution in [0.4, 0.5) is 0 Å². The molecule has 4 heteroatoms. The van der Waals surface area contributed by atoms with Crippen LogP contribution >= 0.6 is 0 Å². The summed E-state index contributed by atoms with van der Waals surface area (Å²) < 4.78 is 6.48. The second-order valence-electron chi connectivity index (χ2n) is 8.81. The molecule has 1 aliphatic carbocycles. The van der Waals surface area contributed by atoms with Crippen molar-refractivity contribution < 1.29 is 4.74 Å². The largest absolute Gasteiger partial charge is 0.377 e. The van der Waals surface area contributed by atoms with E-state index in [1.165, 1.54) is 64.2 Å². The van der Waals surface area contributed by atoms with E-state index >= 15 is 0 Å². The van der Waals surface area contributed by atoms with Gasteiger partial charge in [-0.25, -0.2) is 0 Å². The van der Waals surface area contributed by atoms with Crippen molar-refractivity contribution >= 4 is 0 Å². The number of nitrogens with zero attached hydrogens (tertiary/aromatic N) is 2. The SMILES string of the molecule is CCCCCCCCCCCCOC(CCC)C1(C)C=CC=CC1c1cn[nH]n1. The van der Waals surface area contributed by atoms with E-state index in [0.29, 0.717) is 0 Å². The van der Waals surface area contributed by atoms with Gasteiger partial charge < -0.3 is 4.74 Å². The minimum absolute atomic E-state index is 0.0832. The van der Waals surface area contributed by atoms with Gasteiger partial charge in [0.1, 0.15) is 0 Å². The van der Waals surface area contributed by atoms with Crippen LogP contribution in [-0.2, 0) is 4.74 Å². The van der Waals surface area contributed by atoms with Crippen molar-refractivity contribution in [3.63, 3.8) is 0 Å². The van der Waals surface area contributed by atoms with Crippen LogP contribution in [0.3, 0.4) is 0 Å². The van der Waals surface area contributed by atoms with Gasteiger partial charge in [0, 0.05) is 17.9 Å². The summed E-state index contributed by atoms with van der Waals surface area (Å²) in [6.07, 6.45) is 26.6. The van der Waals surface area contributed by atoms with Gasteiger partial charge in [-0.05, 0) is 12.8 Å². The molecule has 1 N–H and O–H groups in total. The summed E-state index contributed by atoms with van der Waals surface area (Å²) in [5.74, 6) is 0.204.